The number of hydrogen-bond donors (Lipinski definition) is 1. The predicted molar refractivity (Wildman–Crippen MR) is 70.3 cm³/mol. The quantitative estimate of drug-likeness (QED) is 0.769. The van der Waals surface area contributed by atoms with Gasteiger partial charge in [-0.05, 0) is 25.5 Å². The first-order valence-corrected chi connectivity index (χ1v) is 6.04. The number of aromatic nitrogens is 1. The van der Waals surface area contributed by atoms with Crippen LogP contribution >= 0.6 is 0 Å². The Balaban J connectivity index is 2.42. The summed E-state index contributed by atoms with van der Waals surface area (Å²) in [6.07, 6.45) is 1.18. The minimum atomic E-state index is 0.111. The van der Waals surface area contributed by atoms with Gasteiger partial charge in [0.2, 0.25) is 5.91 Å². The van der Waals surface area contributed by atoms with Crippen molar-refractivity contribution in [3.05, 3.63) is 23.5 Å². The number of aryl methyl sites for hydroxylation is 1. The molecule has 18 heavy (non-hydrogen) atoms. The lowest BCUT2D eigenvalue weighted by Gasteiger charge is -2.12. The van der Waals surface area contributed by atoms with Crippen LogP contribution in [-0.2, 0) is 11.3 Å². The monoisotopic (exact) mass is 251 g/mol. The summed E-state index contributed by atoms with van der Waals surface area (Å²) in [4.78, 5) is 17.3. The molecule has 2 N–H and O–H groups in total. The topological polar surface area (TPSA) is 68.5 Å². The lowest BCUT2D eigenvalue weighted by Crippen LogP contribution is -2.21. The van der Waals surface area contributed by atoms with Crippen LogP contribution in [0.5, 0.6) is 5.75 Å². The molecule has 0 saturated carbocycles. The molecule has 5 nitrogen and oxygen atoms in total. The highest BCUT2D eigenvalue weighted by Crippen LogP contribution is 2.16. The largest absolute Gasteiger partial charge is 0.492 e. The highest BCUT2D eigenvalue weighted by atomic mass is 16.5. The zero-order chi connectivity index (χ0) is 13.5. The van der Waals surface area contributed by atoms with Gasteiger partial charge in [0.25, 0.3) is 0 Å². The molecule has 1 rings (SSSR count). The Hall–Kier alpha value is -1.62. The molecular formula is C13H21N3O2. The molecular weight excluding hydrogens is 230 g/mol. The number of ether oxygens (including phenoxy) is 1. The lowest BCUT2D eigenvalue weighted by molar-refractivity contribution is -0.128. The summed E-state index contributed by atoms with van der Waals surface area (Å²) in [6.45, 7) is 2.77. The zero-order valence-electron chi connectivity index (χ0n) is 11.3. The molecule has 0 atom stereocenters. The first-order valence-electron chi connectivity index (χ1n) is 6.04. The molecule has 0 saturated heterocycles. The van der Waals surface area contributed by atoms with Crippen LogP contribution in [0.4, 0.5) is 0 Å². The molecule has 0 spiro atoms. The lowest BCUT2D eigenvalue weighted by atomic mass is 10.2. The molecule has 0 aliphatic heterocycles. The maximum absolute atomic E-state index is 11.4. The summed E-state index contributed by atoms with van der Waals surface area (Å²) in [6, 6.07) is 3.76. The van der Waals surface area contributed by atoms with Gasteiger partial charge < -0.3 is 15.4 Å². The fraction of sp³-hybridized carbons (Fsp3) is 0.538. The van der Waals surface area contributed by atoms with E-state index in [9.17, 15) is 4.79 Å². The molecule has 0 unspecified atom stereocenters. The van der Waals surface area contributed by atoms with Crippen molar-refractivity contribution in [3.63, 3.8) is 0 Å². The number of rotatable bonds is 6. The third kappa shape index (κ3) is 4.33. The van der Waals surface area contributed by atoms with Crippen molar-refractivity contribution < 1.29 is 9.53 Å². The molecule has 1 heterocycles. The van der Waals surface area contributed by atoms with Gasteiger partial charge >= 0.3 is 0 Å². The van der Waals surface area contributed by atoms with Gasteiger partial charge in [-0.1, -0.05) is 0 Å². The Kier molecular flexibility index (Phi) is 5.58. The second-order valence-corrected chi connectivity index (χ2v) is 4.34. The number of pyridine rings is 1. The molecule has 0 fully saturated rings. The van der Waals surface area contributed by atoms with E-state index >= 15 is 0 Å². The zero-order valence-corrected chi connectivity index (χ0v) is 11.3. The summed E-state index contributed by atoms with van der Waals surface area (Å²) < 4.78 is 5.60. The summed E-state index contributed by atoms with van der Waals surface area (Å²) in [7, 11) is 3.50. The summed E-state index contributed by atoms with van der Waals surface area (Å²) in [5.74, 6) is 0.820. The van der Waals surface area contributed by atoms with Gasteiger partial charge in [-0.15, -0.1) is 0 Å². The average Bonchev–Trinajstić information content (AvgIpc) is 2.35. The van der Waals surface area contributed by atoms with Crippen molar-refractivity contribution in [1.29, 1.82) is 0 Å². The van der Waals surface area contributed by atoms with Crippen LogP contribution < -0.4 is 10.5 Å². The maximum Gasteiger partial charge on any atom is 0.222 e. The van der Waals surface area contributed by atoms with Crippen molar-refractivity contribution in [2.75, 3.05) is 20.7 Å². The van der Waals surface area contributed by atoms with E-state index in [4.69, 9.17) is 10.5 Å². The van der Waals surface area contributed by atoms with Crippen molar-refractivity contribution in [1.82, 2.24) is 9.88 Å². The van der Waals surface area contributed by atoms with E-state index < -0.39 is 0 Å². The first-order chi connectivity index (χ1) is 8.54. The van der Waals surface area contributed by atoms with Crippen LogP contribution in [0, 0.1) is 6.92 Å². The van der Waals surface area contributed by atoms with E-state index in [1.165, 1.54) is 0 Å². The van der Waals surface area contributed by atoms with Gasteiger partial charge in [-0.2, -0.15) is 0 Å². The van der Waals surface area contributed by atoms with Crippen LogP contribution in [0.2, 0.25) is 0 Å². The molecule has 1 aromatic heterocycles. The Bertz CT molecular complexity index is 405. The fourth-order valence-corrected chi connectivity index (χ4v) is 1.50. The standard InChI is InChI=1S/C13H21N3O2/c1-10-6-7-12(11(9-14)15-10)18-8-4-5-13(17)16(2)3/h6-7H,4-5,8-9,14H2,1-3H3. The normalized spacial score (nSPS) is 10.2. The molecule has 0 radical (unpaired) electrons. The van der Waals surface area contributed by atoms with Gasteiger partial charge in [0.15, 0.2) is 0 Å². The average molecular weight is 251 g/mol. The molecule has 0 aliphatic carbocycles. The number of hydrogen-bond acceptors (Lipinski definition) is 4. The second-order valence-electron chi connectivity index (χ2n) is 4.34. The Morgan fingerprint density at radius 3 is 2.78 bits per heavy atom. The van der Waals surface area contributed by atoms with E-state index in [0.717, 1.165) is 11.4 Å². The summed E-state index contributed by atoms with van der Waals surface area (Å²) in [5.41, 5.74) is 7.29. The number of carbonyl (C=O) groups is 1. The van der Waals surface area contributed by atoms with Crippen LogP contribution in [0.3, 0.4) is 0 Å². The van der Waals surface area contributed by atoms with Gasteiger partial charge in [-0.25, -0.2) is 0 Å². The van der Waals surface area contributed by atoms with Crippen LogP contribution in [0.1, 0.15) is 24.2 Å². The van der Waals surface area contributed by atoms with E-state index in [1.807, 2.05) is 19.1 Å². The third-order valence-corrected chi connectivity index (χ3v) is 2.56. The van der Waals surface area contributed by atoms with E-state index in [-0.39, 0.29) is 5.91 Å². The van der Waals surface area contributed by atoms with Gasteiger partial charge in [0.1, 0.15) is 5.75 Å². The molecule has 5 heteroatoms. The number of nitrogens with two attached hydrogens (primary N) is 1. The minimum absolute atomic E-state index is 0.111. The smallest absolute Gasteiger partial charge is 0.222 e. The van der Waals surface area contributed by atoms with Gasteiger partial charge in [0, 0.05) is 32.8 Å². The Labute approximate surface area is 108 Å². The van der Waals surface area contributed by atoms with E-state index in [0.29, 0.717) is 31.7 Å². The third-order valence-electron chi connectivity index (χ3n) is 2.56. The van der Waals surface area contributed by atoms with Crippen LogP contribution in [-0.4, -0.2) is 36.5 Å². The van der Waals surface area contributed by atoms with Crippen molar-refractivity contribution in [3.8, 4) is 5.75 Å². The number of nitrogens with zero attached hydrogens (tertiary/aromatic N) is 2. The molecule has 0 bridgehead atoms. The van der Waals surface area contributed by atoms with Crippen LogP contribution in [0.25, 0.3) is 0 Å². The maximum atomic E-state index is 11.4. The van der Waals surface area contributed by atoms with Crippen molar-refractivity contribution >= 4 is 5.91 Å². The first kappa shape index (κ1) is 14.4. The Morgan fingerprint density at radius 2 is 2.17 bits per heavy atom. The summed E-state index contributed by atoms with van der Waals surface area (Å²) >= 11 is 0. The van der Waals surface area contributed by atoms with Crippen molar-refractivity contribution in [2.24, 2.45) is 5.73 Å². The van der Waals surface area contributed by atoms with Crippen molar-refractivity contribution in [2.45, 2.75) is 26.3 Å². The van der Waals surface area contributed by atoms with Crippen LogP contribution in [0.15, 0.2) is 12.1 Å². The number of amides is 1. The van der Waals surface area contributed by atoms with Gasteiger partial charge in [0.05, 0.1) is 12.3 Å². The highest BCUT2D eigenvalue weighted by molar-refractivity contribution is 5.75. The summed E-state index contributed by atoms with van der Waals surface area (Å²) in [5, 5.41) is 0. The Morgan fingerprint density at radius 1 is 1.44 bits per heavy atom. The molecule has 1 amide bonds. The minimum Gasteiger partial charge on any atom is -0.492 e. The van der Waals surface area contributed by atoms with E-state index in [1.54, 1.807) is 19.0 Å². The number of carbonyl (C=O) groups excluding carboxylic acids is 1. The molecule has 0 aromatic carbocycles. The second kappa shape index (κ2) is 6.96. The predicted octanol–water partition coefficient (Wildman–Crippen LogP) is 1.10. The van der Waals surface area contributed by atoms with E-state index in [2.05, 4.69) is 4.98 Å². The van der Waals surface area contributed by atoms with Gasteiger partial charge in [-0.3, -0.25) is 9.78 Å². The molecule has 0 aliphatic rings. The fourth-order valence-electron chi connectivity index (χ4n) is 1.50. The SMILES string of the molecule is Cc1ccc(OCCCC(=O)N(C)C)c(CN)n1. The molecule has 100 valence electrons. The molecule has 1 aromatic rings. The highest BCUT2D eigenvalue weighted by Gasteiger charge is 2.06.